The third kappa shape index (κ3) is 3.42. The minimum absolute atomic E-state index is 0.0171. The Balaban J connectivity index is 1.63. The van der Waals surface area contributed by atoms with Gasteiger partial charge in [-0.2, -0.15) is 5.26 Å². The summed E-state index contributed by atoms with van der Waals surface area (Å²) in [5, 5.41) is 21.0. The predicted molar refractivity (Wildman–Crippen MR) is 107 cm³/mol. The molecule has 29 heavy (non-hydrogen) atoms. The van der Waals surface area contributed by atoms with Gasteiger partial charge in [0.25, 0.3) is 5.69 Å². The lowest BCUT2D eigenvalue weighted by atomic mass is 10.0. The number of non-ortho nitro benzene ring substituents is 1. The van der Waals surface area contributed by atoms with Crippen LogP contribution in [-0.2, 0) is 0 Å². The van der Waals surface area contributed by atoms with Crippen LogP contribution >= 0.6 is 0 Å². The number of benzene rings is 2. The largest absolute Gasteiger partial charge is 0.457 e. The maximum Gasteiger partial charge on any atom is 0.269 e. The second-order valence-corrected chi connectivity index (χ2v) is 6.25. The lowest BCUT2D eigenvalue weighted by Gasteiger charge is -1.98. The van der Waals surface area contributed by atoms with Crippen LogP contribution in [0.4, 0.5) is 5.69 Å². The van der Waals surface area contributed by atoms with Crippen molar-refractivity contribution in [1.82, 2.24) is 4.98 Å². The van der Waals surface area contributed by atoms with E-state index in [1.807, 2.05) is 30.3 Å². The SMILES string of the molecule is N#C/C(=C\c1ccc(-c2ccc([N+](=O)[O-])cc2)o1)C(=O)c1c[nH]c2ccccc12. The highest BCUT2D eigenvalue weighted by molar-refractivity contribution is 6.19. The Hall–Kier alpha value is -4.44. The second kappa shape index (κ2) is 7.29. The first-order valence-corrected chi connectivity index (χ1v) is 8.64. The number of rotatable bonds is 5. The molecular weight excluding hydrogens is 370 g/mol. The summed E-state index contributed by atoms with van der Waals surface area (Å²) >= 11 is 0. The van der Waals surface area contributed by atoms with Crippen molar-refractivity contribution in [2.75, 3.05) is 0 Å². The molecule has 0 aliphatic heterocycles. The number of nitrogens with one attached hydrogen (secondary N) is 1. The van der Waals surface area contributed by atoms with Crippen LogP contribution in [0.5, 0.6) is 0 Å². The van der Waals surface area contributed by atoms with E-state index in [0.29, 0.717) is 22.6 Å². The topological polar surface area (TPSA) is 113 Å². The summed E-state index contributed by atoms with van der Waals surface area (Å²) in [7, 11) is 0. The van der Waals surface area contributed by atoms with Crippen molar-refractivity contribution < 1.29 is 14.1 Å². The number of hydrogen-bond donors (Lipinski definition) is 1. The van der Waals surface area contributed by atoms with Gasteiger partial charge in [-0.3, -0.25) is 14.9 Å². The molecule has 0 fully saturated rings. The fourth-order valence-corrected chi connectivity index (χ4v) is 3.03. The number of carbonyl (C=O) groups is 1. The molecule has 0 atom stereocenters. The van der Waals surface area contributed by atoms with Crippen LogP contribution in [0.25, 0.3) is 28.3 Å². The molecule has 7 heteroatoms. The van der Waals surface area contributed by atoms with Crippen LogP contribution < -0.4 is 0 Å². The van der Waals surface area contributed by atoms with Gasteiger partial charge in [0.05, 0.1) is 4.92 Å². The maximum atomic E-state index is 12.8. The number of fused-ring (bicyclic) bond motifs is 1. The highest BCUT2D eigenvalue weighted by Crippen LogP contribution is 2.26. The molecule has 0 bridgehead atoms. The number of ketones is 1. The summed E-state index contributed by atoms with van der Waals surface area (Å²) in [5.41, 5.74) is 1.80. The number of furan rings is 1. The van der Waals surface area contributed by atoms with Crippen LogP contribution in [0, 0.1) is 21.4 Å². The minimum atomic E-state index is -0.477. The lowest BCUT2D eigenvalue weighted by Crippen LogP contribution is -2.00. The fourth-order valence-electron chi connectivity index (χ4n) is 3.03. The molecule has 140 valence electrons. The molecule has 2 aromatic carbocycles. The third-order valence-electron chi connectivity index (χ3n) is 4.47. The van der Waals surface area contributed by atoms with Crippen molar-refractivity contribution in [1.29, 1.82) is 5.26 Å². The molecule has 7 nitrogen and oxygen atoms in total. The number of Topliss-reactive ketones (excluding diaryl/α,β-unsaturated/α-hetero) is 1. The Morgan fingerprint density at radius 1 is 1.10 bits per heavy atom. The monoisotopic (exact) mass is 383 g/mol. The van der Waals surface area contributed by atoms with Crippen LogP contribution in [0.1, 0.15) is 16.1 Å². The quantitative estimate of drug-likeness (QED) is 0.169. The van der Waals surface area contributed by atoms with E-state index in [9.17, 15) is 20.2 Å². The van der Waals surface area contributed by atoms with E-state index in [1.54, 1.807) is 30.5 Å². The van der Waals surface area contributed by atoms with Crippen molar-refractivity contribution in [3.05, 3.63) is 93.9 Å². The summed E-state index contributed by atoms with van der Waals surface area (Å²) in [4.78, 5) is 26.1. The molecule has 1 N–H and O–H groups in total. The van der Waals surface area contributed by atoms with E-state index < -0.39 is 10.7 Å². The lowest BCUT2D eigenvalue weighted by molar-refractivity contribution is -0.384. The standard InChI is InChI=1S/C22H13N3O4/c23-12-15(22(26)19-13-24-20-4-2-1-3-18(19)20)11-17-9-10-21(29-17)14-5-7-16(8-6-14)25(27)28/h1-11,13,24H/b15-11+. The van der Waals surface area contributed by atoms with Gasteiger partial charge >= 0.3 is 0 Å². The molecule has 0 saturated carbocycles. The van der Waals surface area contributed by atoms with Crippen molar-refractivity contribution in [2.45, 2.75) is 0 Å². The van der Waals surface area contributed by atoms with Crippen LogP contribution in [0.2, 0.25) is 0 Å². The third-order valence-corrected chi connectivity index (χ3v) is 4.47. The van der Waals surface area contributed by atoms with Crippen LogP contribution in [0.15, 0.2) is 76.9 Å². The maximum absolute atomic E-state index is 12.8. The van der Waals surface area contributed by atoms with E-state index in [4.69, 9.17) is 4.42 Å². The van der Waals surface area contributed by atoms with Crippen molar-refractivity contribution in [3.63, 3.8) is 0 Å². The molecule has 0 aliphatic carbocycles. The van der Waals surface area contributed by atoms with Gasteiger partial charge in [-0.15, -0.1) is 0 Å². The summed E-state index contributed by atoms with van der Waals surface area (Å²) < 4.78 is 5.70. The number of nitriles is 1. The molecule has 0 radical (unpaired) electrons. The highest BCUT2D eigenvalue weighted by Gasteiger charge is 2.17. The number of carbonyl (C=O) groups excluding carboxylic acids is 1. The number of aromatic nitrogens is 1. The first-order chi connectivity index (χ1) is 14.1. The zero-order valence-corrected chi connectivity index (χ0v) is 15.0. The van der Waals surface area contributed by atoms with Gasteiger partial charge in [-0.25, -0.2) is 0 Å². The molecule has 0 aliphatic rings. The molecular formula is C22H13N3O4. The fraction of sp³-hybridized carbons (Fsp3) is 0. The van der Waals surface area contributed by atoms with Crippen molar-refractivity contribution >= 4 is 28.4 Å². The van der Waals surface area contributed by atoms with Gasteiger partial charge < -0.3 is 9.40 Å². The molecule has 2 aromatic heterocycles. The molecule has 0 saturated heterocycles. The molecule has 2 heterocycles. The minimum Gasteiger partial charge on any atom is -0.457 e. The molecule has 0 spiro atoms. The predicted octanol–water partition coefficient (Wildman–Crippen LogP) is 5.13. The van der Waals surface area contributed by atoms with Crippen LogP contribution in [-0.4, -0.2) is 15.7 Å². The summed E-state index contributed by atoms with van der Waals surface area (Å²) in [6.45, 7) is 0. The zero-order valence-electron chi connectivity index (χ0n) is 15.0. The van der Waals surface area contributed by atoms with E-state index in [2.05, 4.69) is 4.98 Å². The molecule has 4 aromatic rings. The van der Waals surface area contributed by atoms with E-state index >= 15 is 0 Å². The van der Waals surface area contributed by atoms with Crippen LogP contribution in [0.3, 0.4) is 0 Å². The second-order valence-electron chi connectivity index (χ2n) is 6.25. The summed E-state index contributed by atoms with van der Waals surface area (Å²) in [6.07, 6.45) is 2.97. The Labute approximate surface area is 164 Å². The summed E-state index contributed by atoms with van der Waals surface area (Å²) in [6, 6.07) is 18.5. The highest BCUT2D eigenvalue weighted by atomic mass is 16.6. The number of nitro benzene ring substituents is 1. The zero-order chi connectivity index (χ0) is 20.4. The van der Waals surface area contributed by atoms with Gasteiger partial charge in [0, 0.05) is 46.4 Å². The number of nitro groups is 1. The normalized spacial score (nSPS) is 11.3. The Morgan fingerprint density at radius 2 is 1.86 bits per heavy atom. The van der Waals surface area contributed by atoms with Gasteiger partial charge in [0.1, 0.15) is 23.2 Å². The van der Waals surface area contributed by atoms with Crippen molar-refractivity contribution in [2.24, 2.45) is 0 Å². The number of nitrogens with zero attached hydrogens (tertiary/aromatic N) is 2. The Bertz CT molecular complexity index is 1300. The van der Waals surface area contributed by atoms with Gasteiger partial charge in [-0.1, -0.05) is 18.2 Å². The van der Waals surface area contributed by atoms with Gasteiger partial charge in [-0.05, 0) is 30.3 Å². The number of H-pyrrole nitrogens is 1. The first kappa shape index (κ1) is 17.9. The molecule has 0 unspecified atom stereocenters. The number of hydrogen-bond acceptors (Lipinski definition) is 5. The number of aromatic amines is 1. The van der Waals surface area contributed by atoms with Gasteiger partial charge in [0.15, 0.2) is 0 Å². The number of allylic oxidation sites excluding steroid dienone is 1. The van der Waals surface area contributed by atoms with Gasteiger partial charge in [0.2, 0.25) is 5.78 Å². The van der Waals surface area contributed by atoms with E-state index in [-0.39, 0.29) is 11.3 Å². The van der Waals surface area contributed by atoms with E-state index in [1.165, 1.54) is 18.2 Å². The summed E-state index contributed by atoms with van der Waals surface area (Å²) in [5.74, 6) is 0.407. The molecule has 0 amide bonds. The average Bonchev–Trinajstić information content (AvgIpc) is 3.39. The smallest absolute Gasteiger partial charge is 0.269 e. The van der Waals surface area contributed by atoms with E-state index in [0.717, 1.165) is 10.9 Å². The Kier molecular flexibility index (Phi) is 4.51. The average molecular weight is 383 g/mol. The Morgan fingerprint density at radius 3 is 2.59 bits per heavy atom. The number of para-hydroxylation sites is 1. The van der Waals surface area contributed by atoms with Crippen molar-refractivity contribution in [3.8, 4) is 17.4 Å². The molecule has 4 rings (SSSR count). The first-order valence-electron chi connectivity index (χ1n) is 8.64.